The van der Waals surface area contributed by atoms with Gasteiger partial charge in [0.15, 0.2) is 0 Å². The molecule has 1 aliphatic heterocycles. The Hall–Kier alpha value is -3.62. The number of rotatable bonds is 5. The Labute approximate surface area is 174 Å². The van der Waals surface area contributed by atoms with Gasteiger partial charge in [0.1, 0.15) is 11.6 Å². The lowest BCUT2D eigenvalue weighted by Crippen LogP contribution is -2.21. The molecule has 3 aromatic rings. The number of carbonyl (C=O) groups is 1. The number of alkyl halides is 3. The summed E-state index contributed by atoms with van der Waals surface area (Å²) in [5.74, 6) is -0.125. The molecule has 6 nitrogen and oxygen atoms in total. The molecule has 1 aliphatic rings. The molecule has 0 atom stereocenters. The molecule has 0 spiro atoms. The van der Waals surface area contributed by atoms with Gasteiger partial charge in [0.25, 0.3) is 5.56 Å². The fourth-order valence-corrected chi connectivity index (χ4v) is 3.48. The topological polar surface area (TPSA) is 81.4 Å². The summed E-state index contributed by atoms with van der Waals surface area (Å²) < 4.78 is 46.1. The molecule has 0 fully saturated rings. The van der Waals surface area contributed by atoms with E-state index in [-0.39, 0.29) is 29.5 Å². The molecule has 4 rings (SSSR count). The summed E-state index contributed by atoms with van der Waals surface area (Å²) in [7, 11) is 0. The minimum Gasteiger partial charge on any atom is -0.493 e. The highest BCUT2D eigenvalue weighted by molar-refractivity contribution is 5.85. The molecule has 0 unspecified atom stereocenters. The van der Waals surface area contributed by atoms with E-state index in [9.17, 15) is 22.8 Å². The van der Waals surface area contributed by atoms with Crippen LogP contribution in [0.15, 0.2) is 47.3 Å². The van der Waals surface area contributed by atoms with Crippen LogP contribution in [0, 0.1) is 0 Å². The van der Waals surface area contributed by atoms with E-state index in [1.54, 1.807) is 30.3 Å². The van der Waals surface area contributed by atoms with E-state index in [1.807, 2.05) is 0 Å². The molecule has 0 amide bonds. The summed E-state index contributed by atoms with van der Waals surface area (Å²) in [6, 6.07) is 9.92. The lowest BCUT2D eigenvalue weighted by atomic mass is 10.1. The second-order valence-electron chi connectivity index (χ2n) is 7.11. The summed E-state index contributed by atoms with van der Waals surface area (Å²) >= 11 is 0. The number of carboxylic acids is 1. The standard InChI is InChI=1S/C22H17F3N2O4/c23-22(24,25)15-4-5-17-18(12-15)26-20-14(6-8-27(20)21(17)30)10-13-2-1-3-16(11-13)31-9-7-19(28)29/h1-5,10-12H,6-9H2,(H,28,29)/b14-10-. The van der Waals surface area contributed by atoms with E-state index < -0.39 is 17.7 Å². The number of halogens is 3. The molecule has 0 radical (unpaired) electrons. The van der Waals surface area contributed by atoms with Crippen LogP contribution in [0.5, 0.6) is 5.75 Å². The van der Waals surface area contributed by atoms with Crippen LogP contribution in [0.2, 0.25) is 0 Å². The summed E-state index contributed by atoms with van der Waals surface area (Å²) in [5.41, 5.74) is 0.243. The highest BCUT2D eigenvalue weighted by atomic mass is 19.4. The average molecular weight is 430 g/mol. The monoisotopic (exact) mass is 430 g/mol. The maximum Gasteiger partial charge on any atom is 0.416 e. The summed E-state index contributed by atoms with van der Waals surface area (Å²) in [6.45, 7) is 0.418. The number of allylic oxidation sites excluding steroid dienone is 1. The maximum absolute atomic E-state index is 13.1. The minimum absolute atomic E-state index is 0.00429. The number of nitrogens with zero attached hydrogens (tertiary/aromatic N) is 2. The molecule has 2 aromatic carbocycles. The molecule has 1 N–H and O–H groups in total. The van der Waals surface area contributed by atoms with Crippen LogP contribution in [0.1, 0.15) is 29.8 Å². The normalized spacial score (nSPS) is 14.7. The fraction of sp³-hybridized carbons (Fsp3) is 0.227. The third-order valence-corrected chi connectivity index (χ3v) is 4.96. The van der Waals surface area contributed by atoms with Crippen molar-refractivity contribution < 1.29 is 27.8 Å². The Morgan fingerprint density at radius 2 is 2.03 bits per heavy atom. The van der Waals surface area contributed by atoms with Crippen LogP contribution in [-0.4, -0.2) is 27.2 Å². The quantitative estimate of drug-likeness (QED) is 0.656. The summed E-state index contributed by atoms with van der Waals surface area (Å²) in [4.78, 5) is 27.7. The predicted molar refractivity (Wildman–Crippen MR) is 108 cm³/mol. The van der Waals surface area contributed by atoms with E-state index >= 15 is 0 Å². The van der Waals surface area contributed by atoms with E-state index in [4.69, 9.17) is 9.84 Å². The first-order chi connectivity index (χ1) is 14.7. The van der Waals surface area contributed by atoms with Gasteiger partial charge in [0, 0.05) is 6.54 Å². The largest absolute Gasteiger partial charge is 0.493 e. The SMILES string of the molecule is O=C(O)CCOc1cccc(/C=C2/CCn3c2nc2cc(C(F)(F)F)ccc2c3=O)c1. The third kappa shape index (κ3) is 4.30. The Bertz CT molecular complexity index is 1260. The van der Waals surface area contributed by atoms with Crippen molar-refractivity contribution >= 4 is 28.5 Å². The number of ether oxygens (including phenoxy) is 1. The van der Waals surface area contributed by atoms with Gasteiger partial charge in [-0.2, -0.15) is 13.2 Å². The van der Waals surface area contributed by atoms with Gasteiger partial charge in [-0.25, -0.2) is 4.98 Å². The van der Waals surface area contributed by atoms with Crippen molar-refractivity contribution in [2.45, 2.75) is 25.6 Å². The summed E-state index contributed by atoms with van der Waals surface area (Å²) in [6.07, 6.45) is -2.34. The van der Waals surface area contributed by atoms with Crippen molar-refractivity contribution in [3.63, 3.8) is 0 Å². The third-order valence-electron chi connectivity index (χ3n) is 4.96. The summed E-state index contributed by atoms with van der Waals surface area (Å²) in [5, 5.41) is 8.85. The minimum atomic E-state index is -4.52. The first-order valence-electron chi connectivity index (χ1n) is 9.50. The van der Waals surface area contributed by atoms with Gasteiger partial charge in [0.2, 0.25) is 0 Å². The fourth-order valence-electron chi connectivity index (χ4n) is 3.48. The molecule has 0 aliphatic carbocycles. The first kappa shape index (κ1) is 20.6. The van der Waals surface area contributed by atoms with Gasteiger partial charge >= 0.3 is 12.1 Å². The van der Waals surface area contributed by atoms with Crippen LogP contribution in [0.4, 0.5) is 13.2 Å². The van der Waals surface area contributed by atoms with Crippen molar-refractivity contribution in [1.82, 2.24) is 9.55 Å². The van der Waals surface area contributed by atoms with Crippen LogP contribution in [-0.2, 0) is 17.5 Å². The molecule has 2 heterocycles. The van der Waals surface area contributed by atoms with Crippen molar-refractivity contribution in [1.29, 1.82) is 0 Å². The Kier molecular flexibility index (Phi) is 5.26. The zero-order valence-corrected chi connectivity index (χ0v) is 16.1. The van der Waals surface area contributed by atoms with Crippen LogP contribution in [0.3, 0.4) is 0 Å². The van der Waals surface area contributed by atoms with Crippen LogP contribution in [0.25, 0.3) is 22.6 Å². The molecule has 9 heteroatoms. The molecule has 0 saturated carbocycles. The van der Waals surface area contributed by atoms with Crippen molar-refractivity contribution in [2.75, 3.05) is 6.61 Å². The number of carboxylic acid groups (broad SMARTS) is 1. The second kappa shape index (κ2) is 7.90. The van der Waals surface area contributed by atoms with Gasteiger partial charge < -0.3 is 9.84 Å². The van der Waals surface area contributed by atoms with Gasteiger partial charge in [-0.3, -0.25) is 14.2 Å². The predicted octanol–water partition coefficient (Wildman–Crippen LogP) is 4.21. The molecular formula is C22H17F3N2O4. The number of aromatic nitrogens is 2. The number of hydrogen-bond donors (Lipinski definition) is 1. The molecule has 0 saturated heterocycles. The Morgan fingerprint density at radius 3 is 2.77 bits per heavy atom. The van der Waals surface area contributed by atoms with Crippen LogP contribution >= 0.6 is 0 Å². The van der Waals surface area contributed by atoms with E-state index in [0.29, 0.717) is 24.5 Å². The van der Waals surface area contributed by atoms with Gasteiger partial charge in [-0.1, -0.05) is 12.1 Å². The lowest BCUT2D eigenvalue weighted by Gasteiger charge is -2.09. The highest BCUT2D eigenvalue weighted by Crippen LogP contribution is 2.32. The van der Waals surface area contributed by atoms with Gasteiger partial charge in [-0.05, 0) is 54.0 Å². The molecule has 0 bridgehead atoms. The number of benzene rings is 2. The molecule has 160 valence electrons. The zero-order valence-electron chi connectivity index (χ0n) is 16.1. The van der Waals surface area contributed by atoms with Crippen molar-refractivity contribution in [3.05, 3.63) is 69.8 Å². The Morgan fingerprint density at radius 1 is 1.23 bits per heavy atom. The van der Waals surface area contributed by atoms with Crippen LogP contribution < -0.4 is 10.3 Å². The van der Waals surface area contributed by atoms with Gasteiger partial charge in [-0.15, -0.1) is 0 Å². The van der Waals surface area contributed by atoms with Crippen molar-refractivity contribution in [2.24, 2.45) is 0 Å². The molecule has 31 heavy (non-hydrogen) atoms. The van der Waals surface area contributed by atoms with E-state index in [0.717, 1.165) is 23.3 Å². The highest BCUT2D eigenvalue weighted by Gasteiger charge is 2.31. The molecular weight excluding hydrogens is 413 g/mol. The van der Waals surface area contributed by atoms with Gasteiger partial charge in [0.05, 0.1) is 29.5 Å². The first-order valence-corrected chi connectivity index (χ1v) is 9.50. The number of hydrogen-bond acceptors (Lipinski definition) is 4. The Balaban J connectivity index is 1.70. The number of aliphatic carboxylic acids is 1. The lowest BCUT2D eigenvalue weighted by molar-refractivity contribution is -0.138. The average Bonchev–Trinajstić information content (AvgIpc) is 3.10. The zero-order chi connectivity index (χ0) is 22.2. The molecule has 1 aromatic heterocycles. The van der Waals surface area contributed by atoms with Crippen molar-refractivity contribution in [3.8, 4) is 5.75 Å². The maximum atomic E-state index is 13.1. The smallest absolute Gasteiger partial charge is 0.416 e. The number of fused-ring (bicyclic) bond motifs is 2. The van der Waals surface area contributed by atoms with E-state index in [2.05, 4.69) is 4.98 Å². The van der Waals surface area contributed by atoms with E-state index in [1.165, 1.54) is 10.6 Å². The second-order valence-corrected chi connectivity index (χ2v) is 7.11.